The SMILES string of the molecule is CCOC(=O)C(C)=Cc1cc(Br)ccc1N1CCC(C)C1. The van der Waals surface area contributed by atoms with Crippen LogP contribution in [0.1, 0.15) is 32.8 Å². The Bertz CT molecular complexity index is 554. The summed E-state index contributed by atoms with van der Waals surface area (Å²) in [7, 11) is 0. The maximum absolute atomic E-state index is 11.8. The lowest BCUT2D eigenvalue weighted by atomic mass is 10.1. The van der Waals surface area contributed by atoms with Crippen LogP contribution in [-0.4, -0.2) is 25.7 Å². The Kier molecular flexibility index (Phi) is 5.45. The number of ether oxygens (including phenoxy) is 1. The van der Waals surface area contributed by atoms with Gasteiger partial charge in [0.25, 0.3) is 0 Å². The zero-order chi connectivity index (χ0) is 15.4. The summed E-state index contributed by atoms with van der Waals surface area (Å²) in [4.78, 5) is 14.2. The van der Waals surface area contributed by atoms with Crippen molar-refractivity contribution < 1.29 is 9.53 Å². The summed E-state index contributed by atoms with van der Waals surface area (Å²) in [6.45, 7) is 8.44. The molecule has 0 spiro atoms. The van der Waals surface area contributed by atoms with Gasteiger partial charge in [0.05, 0.1) is 6.61 Å². The lowest BCUT2D eigenvalue weighted by Crippen LogP contribution is -2.20. The van der Waals surface area contributed by atoms with E-state index in [1.54, 1.807) is 6.92 Å². The molecule has 2 rings (SSSR count). The molecule has 1 saturated heterocycles. The second kappa shape index (κ2) is 7.12. The number of hydrogen-bond donors (Lipinski definition) is 0. The number of carbonyl (C=O) groups is 1. The highest BCUT2D eigenvalue weighted by atomic mass is 79.9. The maximum Gasteiger partial charge on any atom is 0.333 e. The molecule has 0 N–H and O–H groups in total. The first kappa shape index (κ1) is 16.1. The molecule has 1 fully saturated rings. The first-order valence-electron chi connectivity index (χ1n) is 7.41. The minimum absolute atomic E-state index is 0.252. The molecule has 0 saturated carbocycles. The molecule has 0 bridgehead atoms. The van der Waals surface area contributed by atoms with Crippen molar-refractivity contribution in [1.29, 1.82) is 0 Å². The van der Waals surface area contributed by atoms with E-state index in [2.05, 4.69) is 46.0 Å². The second-order valence-electron chi connectivity index (χ2n) is 5.59. The normalized spacial score (nSPS) is 19.0. The molecule has 1 aliphatic heterocycles. The summed E-state index contributed by atoms with van der Waals surface area (Å²) in [6, 6.07) is 6.22. The third-order valence-corrected chi connectivity index (χ3v) is 4.22. The number of esters is 1. The molecule has 114 valence electrons. The highest BCUT2D eigenvalue weighted by Crippen LogP contribution is 2.30. The molecule has 0 radical (unpaired) electrons. The fourth-order valence-electron chi connectivity index (χ4n) is 2.62. The molecule has 3 nitrogen and oxygen atoms in total. The van der Waals surface area contributed by atoms with Gasteiger partial charge >= 0.3 is 5.97 Å². The molecular formula is C17H22BrNO2. The number of halogens is 1. The number of anilines is 1. The standard InChI is InChI=1S/C17H22BrNO2/c1-4-21-17(20)13(3)9-14-10-15(18)5-6-16(14)19-8-7-12(2)11-19/h5-6,9-10,12H,4,7-8,11H2,1-3H3. The van der Waals surface area contributed by atoms with Crippen molar-refractivity contribution in [3.05, 3.63) is 33.8 Å². The molecule has 1 unspecified atom stereocenters. The van der Waals surface area contributed by atoms with E-state index in [1.165, 1.54) is 12.1 Å². The number of hydrogen-bond acceptors (Lipinski definition) is 3. The largest absolute Gasteiger partial charge is 0.463 e. The minimum Gasteiger partial charge on any atom is -0.463 e. The molecule has 0 aromatic heterocycles. The topological polar surface area (TPSA) is 29.5 Å². The Balaban J connectivity index is 2.31. The van der Waals surface area contributed by atoms with E-state index in [9.17, 15) is 4.79 Å². The van der Waals surface area contributed by atoms with Gasteiger partial charge in [0.15, 0.2) is 0 Å². The van der Waals surface area contributed by atoms with E-state index >= 15 is 0 Å². The highest BCUT2D eigenvalue weighted by Gasteiger charge is 2.21. The van der Waals surface area contributed by atoms with Crippen LogP contribution in [-0.2, 0) is 9.53 Å². The molecule has 1 aromatic rings. The van der Waals surface area contributed by atoms with Gasteiger partial charge in [0.1, 0.15) is 0 Å². The van der Waals surface area contributed by atoms with Gasteiger partial charge in [-0.15, -0.1) is 0 Å². The van der Waals surface area contributed by atoms with Crippen LogP contribution in [0, 0.1) is 5.92 Å². The van der Waals surface area contributed by atoms with E-state index in [0.29, 0.717) is 12.2 Å². The lowest BCUT2D eigenvalue weighted by molar-refractivity contribution is -0.138. The van der Waals surface area contributed by atoms with Crippen molar-refractivity contribution >= 4 is 33.7 Å². The Morgan fingerprint density at radius 2 is 2.29 bits per heavy atom. The summed E-state index contributed by atoms with van der Waals surface area (Å²) >= 11 is 3.51. The minimum atomic E-state index is -0.252. The van der Waals surface area contributed by atoms with Crippen LogP contribution >= 0.6 is 15.9 Å². The monoisotopic (exact) mass is 351 g/mol. The van der Waals surface area contributed by atoms with Gasteiger partial charge in [-0.2, -0.15) is 0 Å². The molecule has 1 aromatic carbocycles. The summed E-state index contributed by atoms with van der Waals surface area (Å²) in [5.41, 5.74) is 2.87. The number of carbonyl (C=O) groups excluding carboxylic acids is 1. The summed E-state index contributed by atoms with van der Waals surface area (Å²) in [6.07, 6.45) is 3.14. The van der Waals surface area contributed by atoms with Crippen molar-refractivity contribution in [3.8, 4) is 0 Å². The average molecular weight is 352 g/mol. The third-order valence-electron chi connectivity index (χ3n) is 3.72. The number of rotatable bonds is 4. The van der Waals surface area contributed by atoms with Crippen molar-refractivity contribution in [3.63, 3.8) is 0 Å². The Morgan fingerprint density at radius 3 is 2.90 bits per heavy atom. The van der Waals surface area contributed by atoms with Gasteiger partial charge < -0.3 is 9.64 Å². The first-order valence-corrected chi connectivity index (χ1v) is 8.20. The van der Waals surface area contributed by atoms with E-state index in [-0.39, 0.29) is 5.97 Å². The van der Waals surface area contributed by atoms with Crippen LogP contribution in [0.25, 0.3) is 6.08 Å². The van der Waals surface area contributed by atoms with Crippen molar-refractivity contribution in [2.45, 2.75) is 27.2 Å². The maximum atomic E-state index is 11.8. The molecule has 21 heavy (non-hydrogen) atoms. The van der Waals surface area contributed by atoms with Gasteiger partial charge in [-0.1, -0.05) is 22.9 Å². The van der Waals surface area contributed by atoms with Crippen LogP contribution in [0.4, 0.5) is 5.69 Å². The van der Waals surface area contributed by atoms with E-state index in [1.807, 2.05) is 13.0 Å². The van der Waals surface area contributed by atoms with Crippen LogP contribution in [0.5, 0.6) is 0 Å². The Morgan fingerprint density at radius 1 is 1.52 bits per heavy atom. The van der Waals surface area contributed by atoms with E-state index in [0.717, 1.165) is 29.0 Å². The van der Waals surface area contributed by atoms with E-state index in [4.69, 9.17) is 4.74 Å². The second-order valence-corrected chi connectivity index (χ2v) is 6.51. The van der Waals surface area contributed by atoms with Crippen LogP contribution in [0.2, 0.25) is 0 Å². The predicted molar refractivity (Wildman–Crippen MR) is 90.4 cm³/mol. The highest BCUT2D eigenvalue weighted by molar-refractivity contribution is 9.10. The van der Waals surface area contributed by atoms with Crippen LogP contribution in [0.3, 0.4) is 0 Å². The molecule has 1 atom stereocenters. The molecule has 1 heterocycles. The summed E-state index contributed by atoms with van der Waals surface area (Å²) in [5, 5.41) is 0. The Labute approximate surface area is 135 Å². The molecular weight excluding hydrogens is 330 g/mol. The fraction of sp³-hybridized carbons (Fsp3) is 0.471. The van der Waals surface area contributed by atoms with Crippen LogP contribution in [0.15, 0.2) is 28.2 Å². The van der Waals surface area contributed by atoms with Gasteiger partial charge in [-0.3, -0.25) is 0 Å². The number of benzene rings is 1. The summed E-state index contributed by atoms with van der Waals surface area (Å²) in [5.74, 6) is 0.467. The quantitative estimate of drug-likeness (QED) is 0.599. The van der Waals surface area contributed by atoms with Crippen molar-refractivity contribution in [2.75, 3.05) is 24.6 Å². The third kappa shape index (κ3) is 4.10. The smallest absolute Gasteiger partial charge is 0.333 e. The van der Waals surface area contributed by atoms with Gasteiger partial charge in [-0.05, 0) is 56.0 Å². The zero-order valence-electron chi connectivity index (χ0n) is 12.9. The number of nitrogens with zero attached hydrogens (tertiary/aromatic N) is 1. The fourth-order valence-corrected chi connectivity index (χ4v) is 3.00. The van der Waals surface area contributed by atoms with E-state index < -0.39 is 0 Å². The molecule has 1 aliphatic rings. The van der Waals surface area contributed by atoms with Gasteiger partial charge in [0, 0.05) is 28.8 Å². The lowest BCUT2D eigenvalue weighted by Gasteiger charge is -2.21. The zero-order valence-corrected chi connectivity index (χ0v) is 14.4. The van der Waals surface area contributed by atoms with Gasteiger partial charge in [-0.25, -0.2) is 4.79 Å². The average Bonchev–Trinajstić information content (AvgIpc) is 2.85. The summed E-state index contributed by atoms with van der Waals surface area (Å²) < 4.78 is 6.07. The van der Waals surface area contributed by atoms with Crippen molar-refractivity contribution in [2.24, 2.45) is 5.92 Å². The molecule has 0 amide bonds. The van der Waals surface area contributed by atoms with Crippen LogP contribution < -0.4 is 4.90 Å². The van der Waals surface area contributed by atoms with Crippen molar-refractivity contribution in [1.82, 2.24) is 0 Å². The molecule has 4 heteroatoms. The molecule has 0 aliphatic carbocycles. The first-order chi connectivity index (χ1) is 10.0. The Hall–Kier alpha value is -1.29. The van der Waals surface area contributed by atoms with Gasteiger partial charge in [0.2, 0.25) is 0 Å². The predicted octanol–water partition coefficient (Wildman–Crippen LogP) is 4.26.